The van der Waals surface area contributed by atoms with Crippen LogP contribution in [0.5, 0.6) is 0 Å². The summed E-state index contributed by atoms with van der Waals surface area (Å²) in [4.78, 5) is 16.1. The number of rotatable bonds is 4. The van der Waals surface area contributed by atoms with Gasteiger partial charge in [0.15, 0.2) is 6.10 Å². The molecule has 0 aliphatic carbocycles. The largest absolute Gasteiger partial charge is 0.458 e. The van der Waals surface area contributed by atoms with E-state index in [2.05, 4.69) is 4.84 Å². The van der Waals surface area contributed by atoms with Crippen LogP contribution in [0, 0.1) is 5.92 Å². The van der Waals surface area contributed by atoms with Crippen molar-refractivity contribution in [2.75, 3.05) is 0 Å². The molecule has 2 N–H and O–H groups in total. The highest BCUT2D eigenvalue weighted by atomic mass is 16.7. The molecule has 0 radical (unpaired) electrons. The van der Waals surface area contributed by atoms with Gasteiger partial charge in [-0.1, -0.05) is 41.5 Å². The quantitative estimate of drug-likeness (QED) is 0.620. The van der Waals surface area contributed by atoms with E-state index in [1.54, 1.807) is 0 Å². The van der Waals surface area contributed by atoms with Crippen LogP contribution in [0.4, 0.5) is 0 Å². The lowest BCUT2D eigenvalue weighted by Crippen LogP contribution is -2.35. The lowest BCUT2D eigenvalue weighted by molar-refractivity contribution is -0.170. The van der Waals surface area contributed by atoms with Crippen LogP contribution in [0.1, 0.15) is 68.7 Å². The predicted molar refractivity (Wildman–Crippen MR) is 77.1 cm³/mol. The molecule has 0 rings (SSSR count). The SMILES string of the molecule is CC.CC.CC(C)CC(ON)C(=O)OC(C)(C)C. The molecule has 0 bridgehead atoms. The second-order valence-corrected chi connectivity index (χ2v) is 4.79. The number of hydrogen-bond donors (Lipinski definition) is 1. The van der Waals surface area contributed by atoms with Crippen LogP contribution in [0.15, 0.2) is 0 Å². The molecule has 0 saturated heterocycles. The van der Waals surface area contributed by atoms with Gasteiger partial charge in [-0.25, -0.2) is 10.7 Å². The molecule has 0 amide bonds. The Morgan fingerprint density at radius 1 is 1.11 bits per heavy atom. The van der Waals surface area contributed by atoms with Gasteiger partial charge in [-0.05, 0) is 33.1 Å². The smallest absolute Gasteiger partial charge is 0.337 e. The van der Waals surface area contributed by atoms with E-state index in [0.717, 1.165) is 0 Å². The Hall–Kier alpha value is -0.610. The second-order valence-electron chi connectivity index (χ2n) is 4.79. The minimum absolute atomic E-state index is 0.344. The number of carbonyl (C=O) groups excluding carboxylic acids is 1. The summed E-state index contributed by atoms with van der Waals surface area (Å²) in [5.74, 6) is 4.99. The van der Waals surface area contributed by atoms with E-state index in [-0.39, 0.29) is 0 Å². The van der Waals surface area contributed by atoms with Crippen molar-refractivity contribution >= 4 is 5.97 Å². The lowest BCUT2D eigenvalue weighted by Gasteiger charge is -2.23. The van der Waals surface area contributed by atoms with E-state index in [4.69, 9.17) is 10.6 Å². The minimum atomic E-state index is -0.658. The van der Waals surface area contributed by atoms with Crippen molar-refractivity contribution in [2.45, 2.75) is 80.4 Å². The maximum atomic E-state index is 11.5. The van der Waals surface area contributed by atoms with Crippen LogP contribution in [-0.2, 0) is 14.4 Å². The summed E-state index contributed by atoms with van der Waals surface area (Å²) in [5.41, 5.74) is -0.495. The molecule has 0 aromatic heterocycles. The zero-order chi connectivity index (χ0) is 15.4. The fraction of sp³-hybridized carbons (Fsp3) is 0.929. The molecule has 0 heterocycles. The van der Waals surface area contributed by atoms with Crippen LogP contribution in [0.2, 0.25) is 0 Å². The van der Waals surface area contributed by atoms with Gasteiger partial charge in [-0.15, -0.1) is 0 Å². The number of esters is 1. The van der Waals surface area contributed by atoms with E-state index in [1.807, 2.05) is 62.3 Å². The fourth-order valence-corrected chi connectivity index (χ4v) is 1.00. The normalized spacial score (nSPS) is 11.7. The summed E-state index contributed by atoms with van der Waals surface area (Å²) in [6, 6.07) is 0. The Balaban J connectivity index is -0.000000506. The first-order chi connectivity index (χ1) is 8.26. The zero-order valence-electron chi connectivity index (χ0n) is 13.7. The third-order valence-corrected chi connectivity index (χ3v) is 1.52. The van der Waals surface area contributed by atoms with Crippen molar-refractivity contribution in [3.05, 3.63) is 0 Å². The Morgan fingerprint density at radius 3 is 1.72 bits per heavy atom. The summed E-state index contributed by atoms with van der Waals surface area (Å²) in [5, 5.41) is 0. The van der Waals surface area contributed by atoms with E-state index < -0.39 is 17.7 Å². The van der Waals surface area contributed by atoms with Crippen LogP contribution < -0.4 is 5.90 Å². The summed E-state index contributed by atoms with van der Waals surface area (Å²) in [6.07, 6.45) is -0.0833. The maximum Gasteiger partial charge on any atom is 0.337 e. The highest BCUT2D eigenvalue weighted by Gasteiger charge is 2.26. The average Bonchev–Trinajstić information content (AvgIpc) is 2.28. The van der Waals surface area contributed by atoms with Gasteiger partial charge in [0.2, 0.25) is 0 Å². The molecule has 0 fully saturated rings. The Kier molecular flexibility index (Phi) is 16.1. The second kappa shape index (κ2) is 12.8. The predicted octanol–water partition coefficient (Wildman–Crippen LogP) is 3.69. The standard InChI is InChI=1S/C10H21NO3.2C2H6/c1-7(2)6-8(14-11)9(12)13-10(3,4)5;2*1-2/h7-8H,6,11H2,1-5H3;2*1-2H3. The number of ether oxygens (including phenoxy) is 1. The van der Waals surface area contributed by atoms with Crippen molar-refractivity contribution in [1.29, 1.82) is 0 Å². The van der Waals surface area contributed by atoms with Crippen LogP contribution in [-0.4, -0.2) is 17.7 Å². The molecular weight excluding hydrogens is 230 g/mol. The van der Waals surface area contributed by atoms with Gasteiger partial charge in [0.1, 0.15) is 5.60 Å². The fourth-order valence-electron chi connectivity index (χ4n) is 1.00. The van der Waals surface area contributed by atoms with Gasteiger partial charge in [0, 0.05) is 0 Å². The Morgan fingerprint density at radius 2 is 1.50 bits per heavy atom. The van der Waals surface area contributed by atoms with Crippen molar-refractivity contribution in [1.82, 2.24) is 0 Å². The minimum Gasteiger partial charge on any atom is -0.458 e. The zero-order valence-corrected chi connectivity index (χ0v) is 13.7. The van der Waals surface area contributed by atoms with E-state index in [0.29, 0.717) is 12.3 Å². The molecule has 0 aromatic rings. The van der Waals surface area contributed by atoms with Gasteiger partial charge in [0.25, 0.3) is 0 Å². The molecule has 1 atom stereocenters. The van der Waals surface area contributed by atoms with Crippen molar-refractivity contribution in [2.24, 2.45) is 11.8 Å². The third kappa shape index (κ3) is 15.4. The molecule has 4 nitrogen and oxygen atoms in total. The lowest BCUT2D eigenvalue weighted by atomic mass is 10.1. The molecule has 0 aromatic carbocycles. The average molecular weight is 263 g/mol. The Labute approximate surface area is 113 Å². The highest BCUT2D eigenvalue weighted by Crippen LogP contribution is 2.13. The summed E-state index contributed by atoms with van der Waals surface area (Å²) in [6.45, 7) is 17.4. The van der Waals surface area contributed by atoms with Gasteiger partial charge in [-0.2, -0.15) is 0 Å². The molecule has 4 heteroatoms. The monoisotopic (exact) mass is 263 g/mol. The van der Waals surface area contributed by atoms with Crippen LogP contribution >= 0.6 is 0 Å². The van der Waals surface area contributed by atoms with Crippen molar-refractivity contribution < 1.29 is 14.4 Å². The van der Waals surface area contributed by atoms with E-state index in [1.165, 1.54) is 0 Å². The molecule has 0 aliphatic rings. The third-order valence-electron chi connectivity index (χ3n) is 1.52. The number of hydrogen-bond acceptors (Lipinski definition) is 4. The van der Waals surface area contributed by atoms with Crippen molar-refractivity contribution in [3.8, 4) is 0 Å². The first-order valence-electron chi connectivity index (χ1n) is 6.84. The first kappa shape index (κ1) is 22.6. The summed E-state index contributed by atoms with van der Waals surface area (Å²) in [7, 11) is 0. The van der Waals surface area contributed by atoms with Gasteiger partial charge < -0.3 is 4.74 Å². The first-order valence-corrected chi connectivity index (χ1v) is 6.84. The van der Waals surface area contributed by atoms with Gasteiger partial charge in [-0.3, -0.25) is 4.84 Å². The van der Waals surface area contributed by atoms with Gasteiger partial charge >= 0.3 is 5.97 Å². The van der Waals surface area contributed by atoms with Gasteiger partial charge in [0.05, 0.1) is 0 Å². The molecule has 0 saturated carbocycles. The molecule has 0 aliphatic heterocycles. The molecule has 0 spiro atoms. The summed E-state index contributed by atoms with van der Waals surface area (Å²) >= 11 is 0. The maximum absolute atomic E-state index is 11.5. The topological polar surface area (TPSA) is 61.5 Å². The Bertz CT molecular complexity index is 186. The molecule has 1 unspecified atom stereocenters. The van der Waals surface area contributed by atoms with E-state index >= 15 is 0 Å². The molecule has 112 valence electrons. The number of carbonyl (C=O) groups is 1. The van der Waals surface area contributed by atoms with Crippen LogP contribution in [0.25, 0.3) is 0 Å². The van der Waals surface area contributed by atoms with E-state index in [9.17, 15) is 4.79 Å². The van der Waals surface area contributed by atoms with Crippen molar-refractivity contribution in [3.63, 3.8) is 0 Å². The van der Waals surface area contributed by atoms with Crippen LogP contribution in [0.3, 0.4) is 0 Å². The number of nitrogens with two attached hydrogens (primary N) is 1. The summed E-state index contributed by atoms with van der Waals surface area (Å²) < 4.78 is 5.15. The highest BCUT2D eigenvalue weighted by molar-refractivity contribution is 5.75. The molecular formula is C14H33NO3. The molecule has 18 heavy (non-hydrogen) atoms.